The lowest BCUT2D eigenvalue weighted by atomic mass is 9.41. The topological polar surface area (TPSA) is 105 Å². The average molecular weight is 807 g/mol. The highest BCUT2D eigenvalue weighted by molar-refractivity contribution is 6.72. The van der Waals surface area contributed by atoms with E-state index < -0.39 is 72.1 Å². The minimum absolute atomic E-state index is 0.0472. The Morgan fingerprint density at radius 2 is 1.39 bits per heavy atom. The summed E-state index contributed by atoms with van der Waals surface area (Å²) in [4.78, 5) is 0. The van der Waals surface area contributed by atoms with Crippen molar-refractivity contribution in [2.75, 3.05) is 20.5 Å². The first-order valence-electron chi connectivity index (χ1n) is 21.5. The van der Waals surface area contributed by atoms with Gasteiger partial charge in [0.25, 0.3) is 0 Å². The van der Waals surface area contributed by atoms with Crippen molar-refractivity contribution < 1.29 is 43.1 Å². The molecule has 1 heterocycles. The van der Waals surface area contributed by atoms with E-state index in [1.165, 1.54) is 19.3 Å². The molecule has 1 aliphatic heterocycles. The summed E-state index contributed by atoms with van der Waals surface area (Å²) in [5.74, 6) is -1.47. The SMILES string of the molecule is C=C1CC[C@@H]2OC(C)(C)O[C@@H]3[C@H](OCc4ccccc4)[C@]4(O)C(C)(C)[C@](O[Si](C)(C)C5CCCCC5)(CC[C@@]4(C)O)[C@@H](OCc4ccccc4)[C@H]1[C@@]23COCOC. The van der Waals surface area contributed by atoms with E-state index >= 15 is 0 Å². The maximum Gasteiger partial charge on any atom is 0.190 e. The van der Waals surface area contributed by atoms with Gasteiger partial charge in [0.05, 0.1) is 48.6 Å². The van der Waals surface area contributed by atoms with Gasteiger partial charge in [0, 0.05) is 18.4 Å². The summed E-state index contributed by atoms with van der Waals surface area (Å²) in [6.45, 7) is 20.1. The molecule has 7 rings (SSSR count). The van der Waals surface area contributed by atoms with E-state index in [4.69, 9.17) is 39.4 Å². The second kappa shape index (κ2) is 16.1. The van der Waals surface area contributed by atoms with Gasteiger partial charge in [-0.2, -0.15) is 0 Å². The second-order valence-electron chi connectivity index (χ2n) is 19.6. The molecule has 5 aliphatic rings. The van der Waals surface area contributed by atoms with Crippen LogP contribution in [-0.2, 0) is 46.1 Å². The molecule has 2 aromatic carbocycles. The molecule has 0 aromatic heterocycles. The minimum atomic E-state index is -2.57. The van der Waals surface area contributed by atoms with Gasteiger partial charge in [-0.1, -0.05) is 119 Å². The van der Waals surface area contributed by atoms with E-state index in [2.05, 4.69) is 39.1 Å². The third-order valence-corrected chi connectivity index (χ3v) is 18.5. The average Bonchev–Trinajstić information content (AvgIpc) is 3.18. The summed E-state index contributed by atoms with van der Waals surface area (Å²) in [5.41, 5.74) is -3.39. The predicted molar refractivity (Wildman–Crippen MR) is 223 cm³/mol. The van der Waals surface area contributed by atoms with Gasteiger partial charge in [0.15, 0.2) is 14.1 Å². The molecule has 4 saturated carbocycles. The van der Waals surface area contributed by atoms with E-state index in [9.17, 15) is 10.2 Å². The van der Waals surface area contributed by atoms with Crippen molar-refractivity contribution in [3.8, 4) is 0 Å². The summed E-state index contributed by atoms with van der Waals surface area (Å²) in [5, 5.41) is 27.3. The van der Waals surface area contributed by atoms with E-state index in [-0.39, 0.29) is 26.4 Å². The quantitative estimate of drug-likeness (QED) is 0.0890. The molecule has 4 aliphatic carbocycles. The molecule has 0 radical (unpaired) electrons. The number of rotatable bonds is 13. The van der Waals surface area contributed by atoms with Crippen LogP contribution < -0.4 is 0 Å². The van der Waals surface area contributed by atoms with Gasteiger partial charge in [-0.3, -0.25) is 0 Å². The molecule has 316 valence electrons. The second-order valence-corrected chi connectivity index (χ2v) is 23.8. The fourth-order valence-corrected chi connectivity index (χ4v) is 15.5. The van der Waals surface area contributed by atoms with Crippen LogP contribution in [-0.4, -0.2) is 86.0 Å². The van der Waals surface area contributed by atoms with Crippen molar-refractivity contribution in [1.29, 1.82) is 0 Å². The number of benzene rings is 2. The van der Waals surface area contributed by atoms with Gasteiger partial charge < -0.3 is 43.1 Å². The number of hydrogen-bond donors (Lipinski definition) is 2. The number of ether oxygens (including phenoxy) is 6. The van der Waals surface area contributed by atoms with Crippen molar-refractivity contribution in [2.24, 2.45) is 16.7 Å². The maximum absolute atomic E-state index is 14.3. The van der Waals surface area contributed by atoms with E-state index in [1.54, 1.807) is 14.0 Å². The molecule has 10 heteroatoms. The minimum Gasteiger partial charge on any atom is -0.408 e. The summed E-state index contributed by atoms with van der Waals surface area (Å²) < 4.78 is 49.2. The molecular formula is C47H70O9Si. The lowest BCUT2D eigenvalue weighted by Crippen LogP contribution is -2.87. The number of methoxy groups -OCH3 is 1. The highest BCUT2D eigenvalue weighted by atomic mass is 28.4. The Hall–Kier alpha value is -1.96. The first-order valence-corrected chi connectivity index (χ1v) is 24.5. The Morgan fingerprint density at radius 1 is 0.789 bits per heavy atom. The van der Waals surface area contributed by atoms with Crippen LogP contribution in [0.15, 0.2) is 72.8 Å². The largest absolute Gasteiger partial charge is 0.408 e. The van der Waals surface area contributed by atoms with Crippen LogP contribution in [0.25, 0.3) is 0 Å². The Labute approximate surface area is 342 Å². The predicted octanol–water partition coefficient (Wildman–Crippen LogP) is 8.86. The van der Waals surface area contributed by atoms with Crippen LogP contribution in [0.3, 0.4) is 0 Å². The fourth-order valence-electron chi connectivity index (χ4n) is 12.2. The van der Waals surface area contributed by atoms with Crippen molar-refractivity contribution in [3.63, 3.8) is 0 Å². The molecule has 2 bridgehead atoms. The lowest BCUT2D eigenvalue weighted by molar-refractivity contribution is -0.432. The summed E-state index contributed by atoms with van der Waals surface area (Å²) in [7, 11) is -0.951. The zero-order valence-corrected chi connectivity index (χ0v) is 36.9. The molecule has 57 heavy (non-hydrogen) atoms. The number of fused-ring (bicyclic) bond motifs is 2. The smallest absolute Gasteiger partial charge is 0.190 e. The molecule has 9 nitrogen and oxygen atoms in total. The summed E-state index contributed by atoms with van der Waals surface area (Å²) in [6.07, 6.45) is 5.04. The van der Waals surface area contributed by atoms with Crippen LogP contribution in [0.1, 0.15) is 104 Å². The Balaban J connectivity index is 1.53. The summed E-state index contributed by atoms with van der Waals surface area (Å²) in [6, 6.07) is 20.3. The van der Waals surface area contributed by atoms with E-state index in [0.717, 1.165) is 29.5 Å². The normalized spacial score (nSPS) is 37.9. The molecule has 2 aromatic rings. The molecule has 0 amide bonds. The van der Waals surface area contributed by atoms with Crippen LogP contribution >= 0.6 is 0 Å². The zero-order chi connectivity index (χ0) is 40.9. The van der Waals surface area contributed by atoms with E-state index in [0.29, 0.717) is 31.4 Å². The number of hydrogen-bond acceptors (Lipinski definition) is 9. The van der Waals surface area contributed by atoms with Gasteiger partial charge in [-0.25, -0.2) is 0 Å². The van der Waals surface area contributed by atoms with Crippen LogP contribution in [0.4, 0.5) is 0 Å². The Kier molecular flexibility index (Phi) is 12.2. The van der Waals surface area contributed by atoms with Crippen molar-refractivity contribution in [1.82, 2.24) is 0 Å². The van der Waals surface area contributed by atoms with E-state index in [1.807, 2.05) is 62.4 Å². The van der Waals surface area contributed by atoms with Crippen LogP contribution in [0.5, 0.6) is 0 Å². The fraction of sp³-hybridized carbons (Fsp3) is 0.702. The molecule has 5 fully saturated rings. The first kappa shape index (κ1) is 43.1. The van der Waals surface area contributed by atoms with Gasteiger partial charge >= 0.3 is 0 Å². The van der Waals surface area contributed by atoms with Crippen molar-refractivity contribution in [2.45, 2.75) is 171 Å². The highest BCUT2D eigenvalue weighted by Gasteiger charge is 2.81. The third kappa shape index (κ3) is 7.36. The van der Waals surface area contributed by atoms with Gasteiger partial charge in [0.1, 0.15) is 24.6 Å². The monoisotopic (exact) mass is 806 g/mol. The van der Waals surface area contributed by atoms with Crippen LogP contribution in [0.2, 0.25) is 18.6 Å². The summed E-state index contributed by atoms with van der Waals surface area (Å²) >= 11 is 0. The maximum atomic E-state index is 14.3. The first-order chi connectivity index (χ1) is 27.0. The molecule has 2 N–H and O–H groups in total. The standard InChI is InChI=1S/C47H70O9Si/c1-33-25-26-37-45(31-51-32-50-7)38(33)39(52-29-34-19-13-10-14-20-34)46(56-57(8,9)36-23-17-12-18-24-36)28-27-44(6,48)47(49,42(46,2)3)41(40(45)55-43(4,5)54-37)53-30-35-21-15-11-16-22-35/h10-11,13-16,19-22,36-41,48-49H,1,12,17-18,23-32H2,2-9H3/t37-,38-,39-,40+,41-,44+,45+,46-,47-/m0/s1. The molecule has 9 atom stereocenters. The lowest BCUT2D eigenvalue weighted by Gasteiger charge is -2.74. The molecular weight excluding hydrogens is 737 g/mol. The Morgan fingerprint density at radius 3 is 1.98 bits per heavy atom. The Bertz CT molecular complexity index is 1680. The molecule has 1 saturated heterocycles. The zero-order valence-electron chi connectivity index (χ0n) is 35.9. The highest BCUT2D eigenvalue weighted by Crippen LogP contribution is 2.69. The van der Waals surface area contributed by atoms with Gasteiger partial charge in [0.2, 0.25) is 0 Å². The van der Waals surface area contributed by atoms with Crippen LogP contribution in [0, 0.1) is 16.7 Å². The van der Waals surface area contributed by atoms with Crippen molar-refractivity contribution in [3.05, 3.63) is 83.9 Å². The molecule has 0 unspecified atom stereocenters. The van der Waals surface area contributed by atoms with Gasteiger partial charge in [-0.15, -0.1) is 0 Å². The number of aliphatic hydroxyl groups is 2. The van der Waals surface area contributed by atoms with Gasteiger partial charge in [-0.05, 0) is 76.2 Å². The third-order valence-electron chi connectivity index (χ3n) is 15.1. The van der Waals surface area contributed by atoms with Crippen molar-refractivity contribution >= 4 is 8.32 Å². The molecule has 0 spiro atoms.